The van der Waals surface area contributed by atoms with E-state index in [0.717, 1.165) is 28.0 Å². The number of amides is 3. The summed E-state index contributed by atoms with van der Waals surface area (Å²) in [6.45, 7) is -0.349. The molecule has 6 rings (SSSR count). The maximum Gasteiger partial charge on any atom is 0.305 e. The van der Waals surface area contributed by atoms with E-state index in [9.17, 15) is 28.7 Å². The number of phenolic OH excluding ortho intramolecular Hbond substituents is 1. The van der Waals surface area contributed by atoms with Gasteiger partial charge in [0, 0.05) is 22.0 Å². The number of rotatable bonds is 6. The maximum absolute atomic E-state index is 13.8. The van der Waals surface area contributed by atoms with Crippen molar-refractivity contribution in [2.24, 2.45) is 5.92 Å². The molecule has 2 aliphatic rings. The fourth-order valence-corrected chi connectivity index (χ4v) is 7.46. The van der Waals surface area contributed by atoms with Crippen molar-refractivity contribution in [2.75, 3.05) is 16.8 Å². The Labute approximate surface area is 234 Å². The van der Waals surface area contributed by atoms with Crippen LogP contribution in [0.4, 0.5) is 15.8 Å². The number of nitrogens with zero attached hydrogens (tertiary/aromatic N) is 1. The van der Waals surface area contributed by atoms with E-state index in [0.29, 0.717) is 26.9 Å². The molecule has 3 atom stereocenters. The lowest BCUT2D eigenvalue weighted by Gasteiger charge is -2.30. The first-order valence-electron chi connectivity index (χ1n) is 12.1. The van der Waals surface area contributed by atoms with Gasteiger partial charge in [-0.05, 0) is 54.6 Å². The van der Waals surface area contributed by atoms with Gasteiger partial charge >= 0.3 is 4.87 Å². The lowest BCUT2D eigenvalue weighted by molar-refractivity contribution is -0.122. The van der Waals surface area contributed by atoms with Crippen LogP contribution in [-0.2, 0) is 14.4 Å². The first-order valence-corrected chi connectivity index (χ1v) is 13.8. The van der Waals surface area contributed by atoms with Crippen LogP contribution in [0.15, 0.2) is 82.6 Å². The molecule has 4 aromatic rings. The molecule has 40 heavy (non-hydrogen) atoms. The standard InChI is InChI=1S/C28H20FN3O6S2/c29-14-5-9-16(10-6-14)32-26(35)22-21(23-25(31-28(37)40-23)39-24(22)27(32)36)18-3-1-2-4-19(18)38-13-20(34)30-15-7-11-17(33)12-8-15/h1-12,21-22,24,33H,13H2,(H,30,34)(H,31,37). The fraction of sp³-hybridized carbons (Fsp3) is 0.143. The van der Waals surface area contributed by atoms with Crippen molar-refractivity contribution >= 4 is 52.2 Å². The van der Waals surface area contributed by atoms with E-state index in [-0.39, 0.29) is 22.9 Å². The van der Waals surface area contributed by atoms with Crippen LogP contribution in [-0.4, -0.2) is 39.7 Å². The number of aromatic nitrogens is 1. The van der Waals surface area contributed by atoms with Gasteiger partial charge in [0.2, 0.25) is 11.8 Å². The Hall–Kier alpha value is -4.42. The number of para-hydroxylation sites is 1. The summed E-state index contributed by atoms with van der Waals surface area (Å²) in [7, 11) is 0. The van der Waals surface area contributed by atoms with Gasteiger partial charge in [-0.25, -0.2) is 9.29 Å². The Morgan fingerprint density at radius 2 is 1.73 bits per heavy atom. The van der Waals surface area contributed by atoms with Gasteiger partial charge in [-0.1, -0.05) is 41.3 Å². The van der Waals surface area contributed by atoms with Crippen molar-refractivity contribution < 1.29 is 28.6 Å². The van der Waals surface area contributed by atoms with Crippen molar-refractivity contribution in [3.8, 4) is 11.5 Å². The highest BCUT2D eigenvalue weighted by molar-refractivity contribution is 8.00. The van der Waals surface area contributed by atoms with Gasteiger partial charge in [-0.3, -0.25) is 19.2 Å². The summed E-state index contributed by atoms with van der Waals surface area (Å²) in [5.74, 6) is -3.04. The average Bonchev–Trinajstić information content (AvgIpc) is 3.44. The lowest BCUT2D eigenvalue weighted by atomic mass is 9.82. The van der Waals surface area contributed by atoms with Crippen LogP contribution >= 0.6 is 23.1 Å². The van der Waals surface area contributed by atoms with Crippen molar-refractivity contribution in [2.45, 2.75) is 16.2 Å². The Morgan fingerprint density at radius 3 is 2.48 bits per heavy atom. The summed E-state index contributed by atoms with van der Waals surface area (Å²) in [5, 5.41) is 11.8. The third-order valence-electron chi connectivity index (χ3n) is 6.67. The molecule has 9 nitrogen and oxygen atoms in total. The molecule has 202 valence electrons. The van der Waals surface area contributed by atoms with Crippen LogP contribution in [0.3, 0.4) is 0 Å². The number of fused-ring (bicyclic) bond motifs is 2. The third kappa shape index (κ3) is 4.65. The van der Waals surface area contributed by atoms with E-state index in [2.05, 4.69) is 10.3 Å². The second kappa shape index (κ2) is 10.3. The quantitative estimate of drug-likeness (QED) is 0.233. The van der Waals surface area contributed by atoms with Crippen molar-refractivity contribution in [1.82, 2.24) is 4.98 Å². The number of aromatic hydroxyl groups is 1. The van der Waals surface area contributed by atoms with Crippen LogP contribution in [0.25, 0.3) is 0 Å². The van der Waals surface area contributed by atoms with Gasteiger partial charge in [0.05, 0.1) is 16.6 Å². The number of aromatic amines is 1. The zero-order valence-electron chi connectivity index (χ0n) is 20.5. The number of carbonyl (C=O) groups excluding carboxylic acids is 3. The minimum Gasteiger partial charge on any atom is -0.508 e. The molecule has 12 heteroatoms. The van der Waals surface area contributed by atoms with E-state index < -0.39 is 40.6 Å². The van der Waals surface area contributed by atoms with Gasteiger partial charge < -0.3 is 20.1 Å². The molecular formula is C28H20FN3O6S2. The smallest absolute Gasteiger partial charge is 0.305 e. The SMILES string of the molecule is O=C(COc1ccccc1C1c2sc(=O)[nH]c2SC2C(=O)N(c3ccc(F)cc3)C(=O)C21)Nc1ccc(O)cc1. The highest BCUT2D eigenvalue weighted by atomic mass is 32.2. The van der Waals surface area contributed by atoms with Gasteiger partial charge in [0.1, 0.15) is 22.6 Å². The van der Waals surface area contributed by atoms with Gasteiger partial charge in [-0.15, -0.1) is 0 Å². The van der Waals surface area contributed by atoms with Crippen molar-refractivity contribution in [3.05, 3.63) is 98.7 Å². The van der Waals surface area contributed by atoms with Gasteiger partial charge in [0.25, 0.3) is 5.91 Å². The Kier molecular flexibility index (Phi) is 6.64. The monoisotopic (exact) mass is 577 g/mol. The lowest BCUT2D eigenvalue weighted by Crippen LogP contribution is -2.32. The van der Waals surface area contributed by atoms with E-state index in [1.54, 1.807) is 36.4 Å². The molecule has 0 saturated carbocycles. The molecule has 1 aromatic heterocycles. The number of benzene rings is 3. The number of nitrogens with one attached hydrogen (secondary N) is 2. The van der Waals surface area contributed by atoms with Crippen molar-refractivity contribution in [1.29, 1.82) is 0 Å². The highest BCUT2D eigenvalue weighted by Crippen LogP contribution is 2.54. The van der Waals surface area contributed by atoms with Gasteiger partial charge in [-0.2, -0.15) is 0 Å². The summed E-state index contributed by atoms with van der Waals surface area (Å²) < 4.78 is 19.5. The number of anilines is 2. The largest absolute Gasteiger partial charge is 0.508 e. The third-order valence-corrected chi connectivity index (χ3v) is 9.07. The molecule has 0 aliphatic carbocycles. The number of hydrogen-bond acceptors (Lipinski definition) is 8. The maximum atomic E-state index is 13.8. The van der Waals surface area contributed by atoms with E-state index in [1.807, 2.05) is 0 Å². The summed E-state index contributed by atoms with van der Waals surface area (Å²) in [4.78, 5) is 56.4. The molecule has 2 aliphatic heterocycles. The number of thioether (sulfide) groups is 1. The second-order valence-corrected chi connectivity index (χ2v) is 11.3. The Morgan fingerprint density at radius 1 is 1.00 bits per heavy atom. The number of hydrogen-bond donors (Lipinski definition) is 3. The number of halogens is 1. The highest BCUT2D eigenvalue weighted by Gasteiger charge is 2.56. The fourth-order valence-electron chi connectivity index (χ4n) is 4.95. The topological polar surface area (TPSA) is 129 Å². The zero-order valence-corrected chi connectivity index (χ0v) is 22.1. The number of imide groups is 1. The zero-order chi connectivity index (χ0) is 28.0. The van der Waals surface area contributed by atoms with Crippen LogP contribution in [0, 0.1) is 11.7 Å². The second-order valence-electron chi connectivity index (χ2n) is 9.16. The van der Waals surface area contributed by atoms with Crippen LogP contribution in [0.1, 0.15) is 16.4 Å². The predicted octanol–water partition coefficient (Wildman–Crippen LogP) is 4.09. The number of ether oxygens (including phenoxy) is 1. The number of thiazole rings is 1. The molecule has 3 N–H and O–H groups in total. The van der Waals surface area contributed by atoms with Crippen LogP contribution in [0.2, 0.25) is 0 Å². The molecule has 3 amide bonds. The number of phenols is 1. The van der Waals surface area contributed by atoms with E-state index >= 15 is 0 Å². The normalized spacial score (nSPS) is 19.7. The Balaban J connectivity index is 1.33. The molecule has 0 bridgehead atoms. The van der Waals surface area contributed by atoms with Crippen molar-refractivity contribution in [3.63, 3.8) is 0 Å². The molecule has 3 aromatic carbocycles. The van der Waals surface area contributed by atoms with E-state index in [1.165, 1.54) is 36.4 Å². The summed E-state index contributed by atoms with van der Waals surface area (Å²) in [5.41, 5.74) is 1.29. The number of H-pyrrole nitrogens is 1. The molecule has 0 radical (unpaired) electrons. The molecule has 1 saturated heterocycles. The summed E-state index contributed by atoms with van der Waals surface area (Å²) >= 11 is 2.09. The minimum absolute atomic E-state index is 0.0662. The minimum atomic E-state index is -0.864. The molecular weight excluding hydrogens is 557 g/mol. The van der Waals surface area contributed by atoms with Crippen LogP contribution < -0.4 is 19.8 Å². The predicted molar refractivity (Wildman–Crippen MR) is 147 cm³/mol. The summed E-state index contributed by atoms with van der Waals surface area (Å²) in [6.07, 6.45) is 0. The molecule has 3 unspecified atom stereocenters. The summed E-state index contributed by atoms with van der Waals surface area (Å²) in [6, 6.07) is 18.0. The first-order chi connectivity index (χ1) is 19.3. The first kappa shape index (κ1) is 25.8. The molecule has 0 spiro atoms. The molecule has 1 fully saturated rings. The number of carbonyl (C=O) groups is 3. The average molecular weight is 578 g/mol. The van der Waals surface area contributed by atoms with Gasteiger partial charge in [0.15, 0.2) is 6.61 Å². The Bertz CT molecular complexity index is 1690. The molecule has 3 heterocycles. The van der Waals surface area contributed by atoms with E-state index in [4.69, 9.17) is 4.74 Å². The van der Waals surface area contributed by atoms with Crippen LogP contribution in [0.5, 0.6) is 11.5 Å².